The van der Waals surface area contributed by atoms with Crippen molar-refractivity contribution in [2.75, 3.05) is 52.6 Å². The van der Waals surface area contributed by atoms with Gasteiger partial charge in [0.2, 0.25) is 5.91 Å². The maximum atomic E-state index is 12.0. The first-order valence-corrected chi connectivity index (χ1v) is 12.1. The predicted octanol–water partition coefficient (Wildman–Crippen LogP) is 1.47. The van der Waals surface area contributed by atoms with E-state index in [9.17, 15) is 9.59 Å². The zero-order chi connectivity index (χ0) is 24.6. The SMILES string of the molecule is CCCCCCCCCCCC(=O)N(CCO)[C@@H](C)C(=O)O.OCCN(CCO)CCO. The Morgan fingerprint density at radius 2 is 1.09 bits per heavy atom. The summed E-state index contributed by atoms with van der Waals surface area (Å²) >= 11 is 0. The third-order valence-corrected chi connectivity index (χ3v) is 5.23. The van der Waals surface area contributed by atoms with E-state index in [1.807, 2.05) is 0 Å². The smallest absolute Gasteiger partial charge is 0.326 e. The lowest BCUT2D eigenvalue weighted by molar-refractivity contribution is -0.149. The van der Waals surface area contributed by atoms with E-state index in [2.05, 4.69) is 6.92 Å². The zero-order valence-electron chi connectivity index (χ0n) is 20.3. The van der Waals surface area contributed by atoms with Gasteiger partial charge in [-0.25, -0.2) is 4.79 Å². The molecule has 0 saturated heterocycles. The molecule has 0 fully saturated rings. The zero-order valence-corrected chi connectivity index (χ0v) is 20.3. The number of aliphatic hydroxyl groups excluding tert-OH is 4. The number of carbonyl (C=O) groups is 2. The van der Waals surface area contributed by atoms with Crippen LogP contribution in [0.1, 0.15) is 78.1 Å². The Kier molecular flexibility index (Phi) is 25.1. The lowest BCUT2D eigenvalue weighted by Gasteiger charge is -2.25. The van der Waals surface area contributed by atoms with Crippen molar-refractivity contribution in [3.63, 3.8) is 0 Å². The van der Waals surface area contributed by atoms with Crippen molar-refractivity contribution >= 4 is 11.9 Å². The van der Waals surface area contributed by atoms with E-state index < -0.39 is 12.0 Å². The van der Waals surface area contributed by atoms with E-state index in [0.29, 0.717) is 26.1 Å². The molecule has 32 heavy (non-hydrogen) atoms. The summed E-state index contributed by atoms with van der Waals surface area (Å²) in [6.07, 6.45) is 11.0. The minimum absolute atomic E-state index is 0.0694. The van der Waals surface area contributed by atoms with Crippen LogP contribution < -0.4 is 0 Å². The fourth-order valence-corrected chi connectivity index (χ4v) is 3.27. The van der Waals surface area contributed by atoms with Crippen molar-refractivity contribution in [2.45, 2.75) is 84.1 Å². The van der Waals surface area contributed by atoms with Gasteiger partial charge in [-0.05, 0) is 13.3 Å². The Morgan fingerprint density at radius 3 is 1.47 bits per heavy atom. The summed E-state index contributed by atoms with van der Waals surface area (Å²) in [7, 11) is 0. The fraction of sp³-hybridized carbons (Fsp3) is 0.913. The van der Waals surface area contributed by atoms with Gasteiger partial charge in [0.25, 0.3) is 0 Å². The van der Waals surface area contributed by atoms with Gasteiger partial charge in [0.15, 0.2) is 0 Å². The quantitative estimate of drug-likeness (QED) is 0.171. The molecule has 0 aromatic rings. The third-order valence-electron chi connectivity index (χ3n) is 5.23. The average Bonchev–Trinajstić information content (AvgIpc) is 2.76. The number of hydrogen-bond donors (Lipinski definition) is 5. The Labute approximate surface area is 194 Å². The van der Waals surface area contributed by atoms with Gasteiger partial charge in [-0.1, -0.05) is 58.3 Å². The second-order valence-electron chi connectivity index (χ2n) is 7.92. The largest absolute Gasteiger partial charge is 0.480 e. The van der Waals surface area contributed by atoms with Crippen LogP contribution in [0.3, 0.4) is 0 Å². The van der Waals surface area contributed by atoms with Gasteiger partial charge < -0.3 is 30.4 Å². The highest BCUT2D eigenvalue weighted by molar-refractivity contribution is 5.83. The number of carboxylic acids is 1. The topological polar surface area (TPSA) is 142 Å². The van der Waals surface area contributed by atoms with Crippen molar-refractivity contribution in [1.29, 1.82) is 0 Å². The van der Waals surface area contributed by atoms with Gasteiger partial charge in [-0.2, -0.15) is 0 Å². The highest BCUT2D eigenvalue weighted by Crippen LogP contribution is 2.12. The fourth-order valence-electron chi connectivity index (χ4n) is 3.27. The van der Waals surface area contributed by atoms with Gasteiger partial charge >= 0.3 is 5.97 Å². The molecule has 5 N–H and O–H groups in total. The molecule has 0 radical (unpaired) electrons. The van der Waals surface area contributed by atoms with Crippen LogP contribution in [0.2, 0.25) is 0 Å². The summed E-state index contributed by atoms with van der Waals surface area (Å²) in [5.74, 6) is -1.21. The molecule has 0 aromatic carbocycles. The van der Waals surface area contributed by atoms with Gasteiger partial charge in [0.1, 0.15) is 6.04 Å². The van der Waals surface area contributed by atoms with Crippen LogP contribution in [-0.4, -0.2) is 106 Å². The number of carbonyl (C=O) groups excluding carboxylic acids is 1. The lowest BCUT2D eigenvalue weighted by Crippen LogP contribution is -2.44. The van der Waals surface area contributed by atoms with Crippen molar-refractivity contribution in [3.8, 4) is 0 Å². The van der Waals surface area contributed by atoms with E-state index in [-0.39, 0.29) is 38.9 Å². The van der Waals surface area contributed by atoms with Crippen molar-refractivity contribution in [2.24, 2.45) is 0 Å². The van der Waals surface area contributed by atoms with Crippen LogP contribution in [0.15, 0.2) is 0 Å². The Bertz CT molecular complexity index is 424. The molecule has 0 aliphatic rings. The summed E-state index contributed by atoms with van der Waals surface area (Å²) in [4.78, 5) is 26.1. The van der Waals surface area contributed by atoms with Crippen LogP contribution in [0.25, 0.3) is 0 Å². The molecule has 0 saturated carbocycles. The van der Waals surface area contributed by atoms with E-state index in [4.69, 9.17) is 25.5 Å². The Hall–Kier alpha value is -1.26. The van der Waals surface area contributed by atoms with Gasteiger partial charge in [-0.15, -0.1) is 0 Å². The minimum atomic E-state index is -1.03. The van der Waals surface area contributed by atoms with Crippen LogP contribution >= 0.6 is 0 Å². The number of nitrogens with zero attached hydrogens (tertiary/aromatic N) is 2. The summed E-state index contributed by atoms with van der Waals surface area (Å²) in [6, 6.07) is -0.877. The average molecular weight is 465 g/mol. The van der Waals surface area contributed by atoms with E-state index in [0.717, 1.165) is 19.3 Å². The number of unbranched alkanes of at least 4 members (excludes halogenated alkanes) is 8. The normalized spacial score (nSPS) is 11.7. The van der Waals surface area contributed by atoms with Gasteiger partial charge in [-0.3, -0.25) is 9.69 Å². The highest BCUT2D eigenvalue weighted by Gasteiger charge is 2.24. The first-order valence-electron chi connectivity index (χ1n) is 12.1. The summed E-state index contributed by atoms with van der Waals surface area (Å²) in [6.45, 7) is 5.32. The second kappa shape index (κ2) is 24.4. The molecule has 0 spiro atoms. The van der Waals surface area contributed by atoms with Gasteiger partial charge in [0, 0.05) is 32.6 Å². The molecule has 0 heterocycles. The summed E-state index contributed by atoms with van der Waals surface area (Å²) in [5, 5.41) is 43.4. The molecule has 0 aromatic heterocycles. The number of hydrogen-bond acceptors (Lipinski definition) is 7. The minimum Gasteiger partial charge on any atom is -0.480 e. The van der Waals surface area contributed by atoms with E-state index in [1.165, 1.54) is 50.3 Å². The number of amides is 1. The molecular formula is C23H48N2O7. The standard InChI is InChI=1S/C17H33NO4.C6H15NO3/c1-3-4-5-6-7-8-9-10-11-12-16(20)18(13-14-19)15(2)17(21)22;8-4-1-7(2-5-9)3-6-10/h15,19H,3-14H2,1-2H3,(H,21,22);8-10H,1-6H2/t15-;/m0./s1. The highest BCUT2D eigenvalue weighted by atomic mass is 16.4. The van der Waals surface area contributed by atoms with E-state index >= 15 is 0 Å². The van der Waals surface area contributed by atoms with Crippen molar-refractivity contribution in [1.82, 2.24) is 9.80 Å². The van der Waals surface area contributed by atoms with Crippen molar-refractivity contribution < 1.29 is 35.1 Å². The molecular weight excluding hydrogens is 416 g/mol. The first kappa shape index (κ1) is 32.9. The van der Waals surface area contributed by atoms with Gasteiger partial charge in [0.05, 0.1) is 26.4 Å². The Morgan fingerprint density at radius 1 is 0.688 bits per heavy atom. The molecule has 0 bridgehead atoms. The number of aliphatic carboxylic acids is 1. The molecule has 1 atom stereocenters. The molecule has 1 amide bonds. The number of rotatable bonds is 20. The molecule has 0 aliphatic heterocycles. The molecule has 192 valence electrons. The molecule has 9 nitrogen and oxygen atoms in total. The van der Waals surface area contributed by atoms with Crippen LogP contribution in [0.5, 0.6) is 0 Å². The number of aliphatic hydroxyl groups is 4. The molecule has 0 unspecified atom stereocenters. The first-order chi connectivity index (χ1) is 15.4. The molecule has 9 heteroatoms. The maximum absolute atomic E-state index is 12.0. The maximum Gasteiger partial charge on any atom is 0.326 e. The molecule has 0 aliphatic carbocycles. The van der Waals surface area contributed by atoms with Crippen LogP contribution in [0, 0.1) is 0 Å². The lowest BCUT2D eigenvalue weighted by atomic mass is 10.1. The third kappa shape index (κ3) is 19.4. The summed E-state index contributed by atoms with van der Waals surface area (Å²) < 4.78 is 0. The monoisotopic (exact) mass is 464 g/mol. The van der Waals surface area contributed by atoms with Crippen molar-refractivity contribution in [3.05, 3.63) is 0 Å². The van der Waals surface area contributed by atoms with Crippen LogP contribution in [-0.2, 0) is 9.59 Å². The predicted molar refractivity (Wildman–Crippen MR) is 125 cm³/mol. The van der Waals surface area contributed by atoms with Crippen LogP contribution in [0.4, 0.5) is 0 Å². The second-order valence-corrected chi connectivity index (χ2v) is 7.92. The van der Waals surface area contributed by atoms with E-state index in [1.54, 1.807) is 4.90 Å². The molecule has 0 rings (SSSR count). The Balaban J connectivity index is 0. The number of carboxylic acid groups (broad SMARTS) is 1. The summed E-state index contributed by atoms with van der Waals surface area (Å²) in [5.41, 5.74) is 0.